The number of carbonyl (C=O) groups is 1. The highest BCUT2D eigenvalue weighted by Crippen LogP contribution is 2.28. The number of halogens is 3. The van der Waals surface area contributed by atoms with Crippen molar-refractivity contribution in [2.24, 2.45) is 5.92 Å². The molecular formula is C17H16F3NO4S. The van der Waals surface area contributed by atoms with E-state index in [4.69, 9.17) is 5.11 Å². The van der Waals surface area contributed by atoms with Crippen LogP contribution in [-0.2, 0) is 14.6 Å². The molecule has 140 valence electrons. The van der Waals surface area contributed by atoms with Crippen LogP contribution >= 0.6 is 0 Å². The average Bonchev–Trinajstić information content (AvgIpc) is 2.54. The third-order valence-corrected chi connectivity index (χ3v) is 5.39. The Balaban J connectivity index is 2.22. The lowest BCUT2D eigenvalue weighted by atomic mass is 10.1. The van der Waals surface area contributed by atoms with Gasteiger partial charge in [0.15, 0.2) is 5.92 Å². The minimum atomic E-state index is -4.88. The van der Waals surface area contributed by atoms with E-state index in [-0.39, 0.29) is 15.5 Å². The van der Waals surface area contributed by atoms with Crippen molar-refractivity contribution in [3.8, 4) is 0 Å². The first-order chi connectivity index (χ1) is 12.1. The Labute approximate surface area is 148 Å². The zero-order valence-electron chi connectivity index (χ0n) is 13.6. The first-order valence-corrected chi connectivity index (χ1v) is 8.94. The number of alkyl halides is 3. The molecule has 0 saturated carbocycles. The Morgan fingerprint density at radius 3 is 2.23 bits per heavy atom. The van der Waals surface area contributed by atoms with E-state index < -0.39 is 34.4 Å². The molecule has 2 rings (SSSR count). The summed E-state index contributed by atoms with van der Waals surface area (Å²) in [5, 5.41) is 10.8. The number of hydrogen-bond acceptors (Lipinski definition) is 4. The summed E-state index contributed by atoms with van der Waals surface area (Å²) in [7, 11) is -3.78. The normalized spacial score (nSPS) is 13.3. The van der Waals surface area contributed by atoms with Crippen molar-refractivity contribution in [2.75, 3.05) is 11.9 Å². The van der Waals surface area contributed by atoms with Gasteiger partial charge in [-0.1, -0.05) is 12.1 Å². The molecule has 0 aliphatic rings. The molecule has 9 heteroatoms. The van der Waals surface area contributed by atoms with Crippen LogP contribution in [0.15, 0.2) is 58.3 Å². The van der Waals surface area contributed by atoms with Crippen LogP contribution in [0.5, 0.6) is 0 Å². The molecule has 1 unspecified atom stereocenters. The number of anilines is 1. The highest BCUT2D eigenvalue weighted by molar-refractivity contribution is 7.91. The Morgan fingerprint density at radius 2 is 1.73 bits per heavy atom. The summed E-state index contributed by atoms with van der Waals surface area (Å²) in [4.78, 5) is 11.7. The second-order valence-corrected chi connectivity index (χ2v) is 7.56. The molecule has 0 aromatic heterocycles. The second-order valence-electron chi connectivity index (χ2n) is 5.61. The van der Waals surface area contributed by atoms with Gasteiger partial charge in [0.25, 0.3) is 0 Å². The van der Waals surface area contributed by atoms with Gasteiger partial charge in [-0.15, -0.1) is 0 Å². The molecule has 1 amide bonds. The van der Waals surface area contributed by atoms with Crippen LogP contribution in [0, 0.1) is 12.8 Å². The Kier molecular flexibility index (Phi) is 5.72. The minimum Gasteiger partial charge on any atom is -0.395 e. The van der Waals surface area contributed by atoms with Crippen LogP contribution in [0.1, 0.15) is 5.56 Å². The third kappa shape index (κ3) is 4.41. The van der Waals surface area contributed by atoms with Gasteiger partial charge in [0.1, 0.15) is 0 Å². The number of rotatable bonds is 5. The summed E-state index contributed by atoms with van der Waals surface area (Å²) < 4.78 is 62.9. The van der Waals surface area contributed by atoms with E-state index in [2.05, 4.69) is 0 Å². The highest BCUT2D eigenvalue weighted by atomic mass is 32.2. The van der Waals surface area contributed by atoms with Gasteiger partial charge in [-0.3, -0.25) is 4.79 Å². The van der Waals surface area contributed by atoms with Gasteiger partial charge in [-0.2, -0.15) is 13.2 Å². The predicted octanol–water partition coefficient (Wildman–Crippen LogP) is 2.94. The number of aliphatic hydroxyl groups is 1. The van der Waals surface area contributed by atoms with Crippen LogP contribution in [0.2, 0.25) is 0 Å². The Bertz CT molecular complexity index is 893. The van der Waals surface area contributed by atoms with Crippen LogP contribution in [0.25, 0.3) is 0 Å². The standard InChI is InChI=1S/C17H16F3NO4S/c1-11-3-2-4-14(9-11)26(24,25)13-7-5-12(6-8-13)21-16(23)15(10-22)17(18,19)20/h2-9,15,22H,10H2,1H3,(H,21,23). The topological polar surface area (TPSA) is 83.5 Å². The molecule has 0 saturated heterocycles. The zero-order chi connectivity index (χ0) is 19.5. The van der Waals surface area contributed by atoms with Gasteiger partial charge in [0.2, 0.25) is 15.7 Å². The lowest BCUT2D eigenvalue weighted by Gasteiger charge is -2.17. The molecule has 0 fully saturated rings. The number of amides is 1. The molecule has 0 heterocycles. The quantitative estimate of drug-likeness (QED) is 0.826. The van der Waals surface area contributed by atoms with Gasteiger partial charge in [-0.25, -0.2) is 8.42 Å². The third-order valence-electron chi connectivity index (χ3n) is 3.63. The molecule has 0 aliphatic carbocycles. The summed E-state index contributed by atoms with van der Waals surface area (Å²) in [6.07, 6.45) is -4.88. The number of aliphatic hydroxyl groups excluding tert-OH is 1. The van der Waals surface area contributed by atoms with E-state index in [9.17, 15) is 26.4 Å². The lowest BCUT2D eigenvalue weighted by Crippen LogP contribution is -2.37. The van der Waals surface area contributed by atoms with Gasteiger partial charge in [0, 0.05) is 5.69 Å². The van der Waals surface area contributed by atoms with Crippen LogP contribution in [0.3, 0.4) is 0 Å². The summed E-state index contributed by atoms with van der Waals surface area (Å²) in [5.41, 5.74) is 0.748. The van der Waals surface area contributed by atoms with Crippen molar-refractivity contribution in [3.63, 3.8) is 0 Å². The molecule has 0 spiro atoms. The molecule has 26 heavy (non-hydrogen) atoms. The Morgan fingerprint density at radius 1 is 1.12 bits per heavy atom. The number of carbonyl (C=O) groups excluding carboxylic acids is 1. The first kappa shape index (κ1) is 19.9. The van der Waals surface area contributed by atoms with E-state index in [1.165, 1.54) is 36.4 Å². The monoisotopic (exact) mass is 387 g/mol. The van der Waals surface area contributed by atoms with Gasteiger partial charge in [0.05, 0.1) is 16.4 Å². The van der Waals surface area contributed by atoms with E-state index >= 15 is 0 Å². The molecule has 5 nitrogen and oxygen atoms in total. The van der Waals surface area contributed by atoms with Crippen molar-refractivity contribution >= 4 is 21.4 Å². The van der Waals surface area contributed by atoms with E-state index in [0.29, 0.717) is 0 Å². The molecule has 0 aliphatic heterocycles. The molecule has 1 atom stereocenters. The molecule has 2 aromatic carbocycles. The molecular weight excluding hydrogens is 371 g/mol. The molecule has 0 radical (unpaired) electrons. The SMILES string of the molecule is Cc1cccc(S(=O)(=O)c2ccc(NC(=O)C(CO)C(F)(F)F)cc2)c1. The maximum atomic E-state index is 12.6. The zero-order valence-corrected chi connectivity index (χ0v) is 14.4. The molecule has 2 N–H and O–H groups in total. The lowest BCUT2D eigenvalue weighted by molar-refractivity contribution is -0.186. The summed E-state index contributed by atoms with van der Waals surface area (Å²) in [5.74, 6) is -3.98. The van der Waals surface area contributed by atoms with E-state index in [1.807, 2.05) is 5.32 Å². The summed E-state index contributed by atoms with van der Waals surface area (Å²) in [6, 6.07) is 11.0. The van der Waals surface area contributed by atoms with Gasteiger partial charge in [-0.05, 0) is 48.9 Å². The number of benzene rings is 2. The van der Waals surface area contributed by atoms with Crippen molar-refractivity contribution < 1.29 is 31.5 Å². The van der Waals surface area contributed by atoms with E-state index in [0.717, 1.165) is 5.56 Å². The summed E-state index contributed by atoms with van der Waals surface area (Å²) >= 11 is 0. The fourth-order valence-electron chi connectivity index (χ4n) is 2.20. The van der Waals surface area contributed by atoms with Crippen molar-refractivity contribution in [1.82, 2.24) is 0 Å². The Hall–Kier alpha value is -2.39. The minimum absolute atomic E-state index is 0.0131. The number of nitrogens with one attached hydrogen (secondary N) is 1. The number of hydrogen-bond donors (Lipinski definition) is 2. The van der Waals surface area contributed by atoms with Crippen LogP contribution < -0.4 is 5.32 Å². The highest BCUT2D eigenvalue weighted by Gasteiger charge is 2.44. The van der Waals surface area contributed by atoms with E-state index in [1.54, 1.807) is 19.1 Å². The molecule has 0 bridgehead atoms. The van der Waals surface area contributed by atoms with Gasteiger partial charge < -0.3 is 10.4 Å². The second kappa shape index (κ2) is 7.46. The largest absolute Gasteiger partial charge is 0.402 e. The predicted molar refractivity (Wildman–Crippen MR) is 88.3 cm³/mol. The fourth-order valence-corrected chi connectivity index (χ4v) is 3.57. The fraction of sp³-hybridized carbons (Fsp3) is 0.235. The average molecular weight is 387 g/mol. The maximum Gasteiger partial charge on any atom is 0.402 e. The first-order valence-electron chi connectivity index (χ1n) is 7.46. The van der Waals surface area contributed by atoms with Crippen molar-refractivity contribution in [3.05, 3.63) is 54.1 Å². The number of sulfone groups is 1. The van der Waals surface area contributed by atoms with Crippen molar-refractivity contribution in [1.29, 1.82) is 0 Å². The maximum absolute atomic E-state index is 12.6. The number of aryl methyl sites for hydroxylation is 1. The van der Waals surface area contributed by atoms with Crippen molar-refractivity contribution in [2.45, 2.75) is 22.9 Å². The van der Waals surface area contributed by atoms with Crippen LogP contribution in [-0.4, -0.2) is 32.2 Å². The molecule has 2 aromatic rings. The summed E-state index contributed by atoms with van der Waals surface area (Å²) in [6.45, 7) is 0.366. The smallest absolute Gasteiger partial charge is 0.395 e. The van der Waals surface area contributed by atoms with Crippen LogP contribution in [0.4, 0.5) is 18.9 Å². The van der Waals surface area contributed by atoms with Gasteiger partial charge >= 0.3 is 6.18 Å².